The largest absolute Gasteiger partial charge is 0.378 e. The molecule has 1 N–H and O–H groups in total. The Morgan fingerprint density at radius 3 is 2.31 bits per heavy atom. The van der Waals surface area contributed by atoms with Gasteiger partial charge in [0.1, 0.15) is 0 Å². The van der Waals surface area contributed by atoms with Crippen molar-refractivity contribution in [2.45, 2.75) is 57.9 Å². The monoisotopic (exact) mass is 365 g/mol. The molecule has 1 atom stereocenters. The van der Waals surface area contributed by atoms with Crippen molar-refractivity contribution in [3.05, 3.63) is 0 Å². The van der Waals surface area contributed by atoms with Crippen molar-refractivity contribution in [3.8, 4) is 0 Å². The van der Waals surface area contributed by atoms with Gasteiger partial charge in [-0.05, 0) is 51.6 Å². The molecule has 0 spiro atoms. The van der Waals surface area contributed by atoms with Crippen molar-refractivity contribution in [3.63, 3.8) is 0 Å². The fraction of sp³-hybridized carbons (Fsp3) is 0.900. The number of ether oxygens (including phenoxy) is 1. The predicted octanol–water partition coefficient (Wildman–Crippen LogP) is 1.64. The van der Waals surface area contributed by atoms with Crippen LogP contribution in [0.15, 0.2) is 0 Å². The summed E-state index contributed by atoms with van der Waals surface area (Å²) >= 11 is 0. The molecular weight excluding hydrogens is 330 g/mol. The van der Waals surface area contributed by atoms with Gasteiger partial charge in [-0.1, -0.05) is 19.3 Å². The van der Waals surface area contributed by atoms with Gasteiger partial charge in [-0.2, -0.15) is 0 Å². The number of carbonyl (C=O) groups is 2. The van der Waals surface area contributed by atoms with Crippen LogP contribution in [0.2, 0.25) is 0 Å². The molecule has 3 aliphatic rings. The summed E-state index contributed by atoms with van der Waals surface area (Å²) in [5.74, 6) is 1.20. The third kappa shape index (κ3) is 5.19. The minimum Gasteiger partial charge on any atom is -0.378 e. The number of hydrogen-bond donors (Lipinski definition) is 1. The summed E-state index contributed by atoms with van der Waals surface area (Å²) < 4.78 is 5.33. The molecule has 1 unspecified atom stereocenters. The van der Waals surface area contributed by atoms with Crippen LogP contribution in [0.1, 0.15) is 51.9 Å². The van der Waals surface area contributed by atoms with Crippen LogP contribution in [0.4, 0.5) is 0 Å². The molecule has 0 bridgehead atoms. The number of carbonyl (C=O) groups excluding carboxylic acids is 2. The zero-order valence-electron chi connectivity index (χ0n) is 16.3. The summed E-state index contributed by atoms with van der Waals surface area (Å²) in [7, 11) is 0. The fourth-order valence-electron chi connectivity index (χ4n) is 4.53. The number of piperidine rings is 1. The highest BCUT2D eigenvalue weighted by atomic mass is 16.5. The van der Waals surface area contributed by atoms with Crippen LogP contribution in [-0.4, -0.2) is 73.6 Å². The Kier molecular flexibility index (Phi) is 7.32. The molecule has 148 valence electrons. The van der Waals surface area contributed by atoms with Gasteiger partial charge in [-0.25, -0.2) is 0 Å². The lowest BCUT2D eigenvalue weighted by Gasteiger charge is -2.37. The summed E-state index contributed by atoms with van der Waals surface area (Å²) in [5.41, 5.74) is 0. The number of nitrogens with one attached hydrogen (secondary N) is 1. The molecule has 1 saturated carbocycles. The Bertz CT molecular complexity index is 465. The average molecular weight is 366 g/mol. The van der Waals surface area contributed by atoms with Crippen LogP contribution >= 0.6 is 0 Å². The Labute approximate surface area is 157 Å². The second-order valence-electron chi connectivity index (χ2n) is 8.17. The van der Waals surface area contributed by atoms with E-state index in [2.05, 4.69) is 10.2 Å². The van der Waals surface area contributed by atoms with E-state index in [1.54, 1.807) is 0 Å². The standard InChI is InChI=1S/C20H35N3O3/c1-16(19(24)21-15-17-5-3-2-4-6-17)22-9-7-18(8-10-22)20(25)23-11-13-26-14-12-23/h16-18H,2-15H2,1H3,(H,21,24). The van der Waals surface area contributed by atoms with Crippen molar-refractivity contribution in [1.82, 2.24) is 15.1 Å². The van der Waals surface area contributed by atoms with Crippen LogP contribution in [0.25, 0.3) is 0 Å². The first-order chi connectivity index (χ1) is 12.6. The topological polar surface area (TPSA) is 61.9 Å². The Morgan fingerprint density at radius 1 is 1.00 bits per heavy atom. The highest BCUT2D eigenvalue weighted by Crippen LogP contribution is 2.24. The first-order valence-corrected chi connectivity index (χ1v) is 10.5. The van der Waals surface area contributed by atoms with Gasteiger partial charge in [0.25, 0.3) is 0 Å². The molecule has 0 radical (unpaired) electrons. The van der Waals surface area contributed by atoms with Crippen LogP contribution in [0.3, 0.4) is 0 Å². The lowest BCUT2D eigenvalue weighted by molar-refractivity contribution is -0.141. The van der Waals surface area contributed by atoms with E-state index in [0.717, 1.165) is 45.6 Å². The van der Waals surface area contributed by atoms with E-state index in [4.69, 9.17) is 4.74 Å². The summed E-state index contributed by atoms with van der Waals surface area (Å²) in [6.07, 6.45) is 8.18. The van der Waals surface area contributed by atoms with Gasteiger partial charge in [-0.3, -0.25) is 14.5 Å². The molecule has 2 aliphatic heterocycles. The van der Waals surface area contributed by atoms with E-state index in [1.165, 1.54) is 32.1 Å². The summed E-state index contributed by atoms with van der Waals surface area (Å²) in [6, 6.07) is -0.0990. The normalized spacial score (nSPS) is 25.0. The fourth-order valence-corrected chi connectivity index (χ4v) is 4.53. The second kappa shape index (κ2) is 9.70. The Balaban J connectivity index is 1.38. The van der Waals surface area contributed by atoms with Crippen LogP contribution in [-0.2, 0) is 14.3 Å². The molecule has 0 aromatic carbocycles. The van der Waals surface area contributed by atoms with E-state index in [9.17, 15) is 9.59 Å². The maximum absolute atomic E-state index is 12.6. The zero-order valence-corrected chi connectivity index (χ0v) is 16.3. The number of nitrogens with zero attached hydrogens (tertiary/aromatic N) is 2. The Morgan fingerprint density at radius 2 is 1.65 bits per heavy atom. The highest BCUT2D eigenvalue weighted by molar-refractivity contribution is 5.81. The quantitative estimate of drug-likeness (QED) is 0.805. The molecule has 26 heavy (non-hydrogen) atoms. The molecule has 1 aliphatic carbocycles. The molecule has 6 heteroatoms. The van der Waals surface area contributed by atoms with E-state index < -0.39 is 0 Å². The van der Waals surface area contributed by atoms with Crippen LogP contribution in [0.5, 0.6) is 0 Å². The van der Waals surface area contributed by atoms with E-state index in [1.807, 2.05) is 11.8 Å². The average Bonchev–Trinajstić information content (AvgIpc) is 2.72. The zero-order chi connectivity index (χ0) is 18.4. The van der Waals surface area contributed by atoms with Crippen molar-refractivity contribution in [1.29, 1.82) is 0 Å². The third-order valence-electron chi connectivity index (χ3n) is 6.42. The van der Waals surface area contributed by atoms with Gasteiger partial charge in [0.2, 0.25) is 11.8 Å². The van der Waals surface area contributed by atoms with Gasteiger partial charge in [0.15, 0.2) is 0 Å². The SMILES string of the molecule is CC(C(=O)NCC1CCCCC1)N1CCC(C(=O)N2CCOCC2)CC1. The maximum Gasteiger partial charge on any atom is 0.237 e. The first-order valence-electron chi connectivity index (χ1n) is 10.5. The smallest absolute Gasteiger partial charge is 0.237 e. The maximum atomic E-state index is 12.6. The third-order valence-corrected chi connectivity index (χ3v) is 6.42. The van der Waals surface area contributed by atoms with E-state index in [0.29, 0.717) is 19.1 Å². The van der Waals surface area contributed by atoms with E-state index in [-0.39, 0.29) is 23.8 Å². The number of rotatable bonds is 5. The lowest BCUT2D eigenvalue weighted by atomic mass is 9.89. The minimum absolute atomic E-state index is 0.0990. The van der Waals surface area contributed by atoms with Crippen molar-refractivity contribution in [2.75, 3.05) is 45.9 Å². The summed E-state index contributed by atoms with van der Waals surface area (Å²) in [6.45, 7) is 7.25. The van der Waals surface area contributed by atoms with Crippen molar-refractivity contribution in [2.24, 2.45) is 11.8 Å². The molecule has 2 amide bonds. The summed E-state index contributed by atoms with van der Waals surface area (Å²) in [4.78, 5) is 29.3. The predicted molar refractivity (Wildman–Crippen MR) is 101 cm³/mol. The van der Waals surface area contributed by atoms with Gasteiger partial charge >= 0.3 is 0 Å². The molecule has 2 heterocycles. The summed E-state index contributed by atoms with van der Waals surface area (Å²) in [5, 5.41) is 3.17. The van der Waals surface area contributed by atoms with Crippen molar-refractivity contribution >= 4 is 11.8 Å². The number of likely N-dealkylation sites (tertiary alicyclic amines) is 1. The molecule has 0 aromatic heterocycles. The molecule has 6 nitrogen and oxygen atoms in total. The van der Waals surface area contributed by atoms with Gasteiger partial charge < -0.3 is 15.0 Å². The molecule has 3 fully saturated rings. The van der Waals surface area contributed by atoms with Gasteiger partial charge in [0.05, 0.1) is 19.3 Å². The van der Waals surface area contributed by atoms with Gasteiger partial charge in [0, 0.05) is 25.6 Å². The molecule has 2 saturated heterocycles. The second-order valence-corrected chi connectivity index (χ2v) is 8.17. The van der Waals surface area contributed by atoms with Gasteiger partial charge in [-0.15, -0.1) is 0 Å². The molecule has 0 aromatic rings. The number of morpholine rings is 1. The van der Waals surface area contributed by atoms with Crippen LogP contribution in [0, 0.1) is 11.8 Å². The number of hydrogen-bond acceptors (Lipinski definition) is 4. The first kappa shape index (κ1) is 19.6. The van der Waals surface area contributed by atoms with E-state index >= 15 is 0 Å². The minimum atomic E-state index is -0.0990. The molecule has 3 rings (SSSR count). The van der Waals surface area contributed by atoms with Crippen molar-refractivity contribution < 1.29 is 14.3 Å². The molecular formula is C20H35N3O3. The highest BCUT2D eigenvalue weighted by Gasteiger charge is 2.32. The van der Waals surface area contributed by atoms with Crippen LogP contribution < -0.4 is 5.32 Å². The Hall–Kier alpha value is -1.14. The number of amides is 2. The lowest BCUT2D eigenvalue weighted by Crippen LogP contribution is -2.51.